The van der Waals surface area contributed by atoms with Gasteiger partial charge >= 0.3 is 6.18 Å². The van der Waals surface area contributed by atoms with E-state index in [0.29, 0.717) is 24.3 Å². The van der Waals surface area contributed by atoms with Crippen molar-refractivity contribution in [3.63, 3.8) is 0 Å². The van der Waals surface area contributed by atoms with Crippen molar-refractivity contribution in [3.05, 3.63) is 53.1 Å². The molecule has 0 radical (unpaired) electrons. The first kappa shape index (κ1) is 17.4. The number of nitrogens with one attached hydrogen (secondary N) is 1. The van der Waals surface area contributed by atoms with Crippen molar-refractivity contribution < 1.29 is 27.4 Å². The van der Waals surface area contributed by atoms with Crippen LogP contribution in [0.15, 0.2) is 41.9 Å². The molecule has 4 atom stereocenters. The zero-order valence-electron chi connectivity index (χ0n) is 13.9. The summed E-state index contributed by atoms with van der Waals surface area (Å²) in [6, 6.07) is 3.51. The molecule has 7 heteroatoms. The van der Waals surface area contributed by atoms with Crippen LogP contribution in [0.2, 0.25) is 0 Å². The molecule has 0 spiro atoms. The summed E-state index contributed by atoms with van der Waals surface area (Å²) in [4.78, 5) is 0. The number of halogens is 4. The number of anilines is 1. The predicted octanol–water partition coefficient (Wildman–Crippen LogP) is 5.28. The number of allylic oxidation sites excluding steroid dienone is 2. The maximum absolute atomic E-state index is 13.4. The summed E-state index contributed by atoms with van der Waals surface area (Å²) in [5.74, 6) is -1.21. The van der Waals surface area contributed by atoms with Gasteiger partial charge in [-0.1, -0.05) is 0 Å². The Labute approximate surface area is 148 Å². The first-order chi connectivity index (χ1) is 12.3. The quantitative estimate of drug-likeness (QED) is 0.662. The van der Waals surface area contributed by atoms with Gasteiger partial charge in [0.1, 0.15) is 5.76 Å². The maximum atomic E-state index is 13.4. The number of hydrogen-bond acceptors (Lipinski definition) is 3. The van der Waals surface area contributed by atoms with E-state index < -0.39 is 23.7 Å². The maximum Gasteiger partial charge on any atom is 0.416 e. The van der Waals surface area contributed by atoms with Crippen LogP contribution in [0.3, 0.4) is 0 Å². The SMILES string of the molecule is OC1=CC([C@@H]2Nc3ccc(C(F)(F)F)cc3[C@H]3OCCC[C@H]32)CC=C1F. The van der Waals surface area contributed by atoms with Crippen LogP contribution in [-0.2, 0) is 10.9 Å². The average Bonchev–Trinajstić information content (AvgIpc) is 2.62. The van der Waals surface area contributed by atoms with Gasteiger partial charge in [0.15, 0.2) is 5.83 Å². The molecule has 2 aliphatic heterocycles. The van der Waals surface area contributed by atoms with Gasteiger partial charge in [-0.25, -0.2) is 4.39 Å². The van der Waals surface area contributed by atoms with Gasteiger partial charge in [0.25, 0.3) is 0 Å². The lowest BCUT2D eigenvalue weighted by Crippen LogP contribution is -2.45. The molecule has 1 aliphatic carbocycles. The van der Waals surface area contributed by atoms with Crippen LogP contribution < -0.4 is 5.32 Å². The largest absolute Gasteiger partial charge is 0.505 e. The highest BCUT2D eigenvalue weighted by Gasteiger charge is 2.43. The highest BCUT2D eigenvalue weighted by atomic mass is 19.4. The number of ether oxygens (including phenoxy) is 1. The topological polar surface area (TPSA) is 41.5 Å². The summed E-state index contributed by atoms with van der Waals surface area (Å²) in [6.07, 6.45) is 0.0493. The van der Waals surface area contributed by atoms with Gasteiger partial charge in [-0.2, -0.15) is 13.2 Å². The van der Waals surface area contributed by atoms with E-state index in [9.17, 15) is 22.7 Å². The number of hydrogen-bond donors (Lipinski definition) is 2. The van der Waals surface area contributed by atoms with E-state index >= 15 is 0 Å². The summed E-state index contributed by atoms with van der Waals surface area (Å²) in [5, 5.41) is 13.1. The molecule has 2 heterocycles. The lowest BCUT2D eigenvalue weighted by Gasteiger charge is -2.46. The molecule has 3 aliphatic rings. The van der Waals surface area contributed by atoms with Crippen LogP contribution in [0.25, 0.3) is 0 Å². The number of alkyl halides is 3. The van der Waals surface area contributed by atoms with Crippen molar-refractivity contribution in [1.29, 1.82) is 0 Å². The average molecular weight is 369 g/mol. The fourth-order valence-electron chi connectivity index (χ4n) is 4.25. The fourth-order valence-corrected chi connectivity index (χ4v) is 4.25. The van der Waals surface area contributed by atoms with Gasteiger partial charge < -0.3 is 15.2 Å². The van der Waals surface area contributed by atoms with Crippen molar-refractivity contribution in [1.82, 2.24) is 0 Å². The summed E-state index contributed by atoms with van der Waals surface area (Å²) in [7, 11) is 0. The summed E-state index contributed by atoms with van der Waals surface area (Å²) in [5.41, 5.74) is 0.435. The van der Waals surface area contributed by atoms with Gasteiger partial charge in [-0.05, 0) is 49.6 Å². The highest BCUT2D eigenvalue weighted by molar-refractivity contribution is 5.58. The van der Waals surface area contributed by atoms with Crippen molar-refractivity contribution in [2.75, 3.05) is 11.9 Å². The predicted molar refractivity (Wildman–Crippen MR) is 88.3 cm³/mol. The molecule has 4 rings (SSSR count). The lowest BCUT2D eigenvalue weighted by molar-refractivity contribution is -0.137. The van der Waals surface area contributed by atoms with Gasteiger partial charge in [-0.15, -0.1) is 0 Å². The molecular weight excluding hydrogens is 350 g/mol. The van der Waals surface area contributed by atoms with E-state index in [2.05, 4.69) is 5.32 Å². The zero-order chi connectivity index (χ0) is 18.5. The summed E-state index contributed by atoms with van der Waals surface area (Å²) in [6.45, 7) is 0.504. The first-order valence-corrected chi connectivity index (χ1v) is 8.70. The van der Waals surface area contributed by atoms with Crippen molar-refractivity contribution in [2.45, 2.75) is 37.6 Å². The van der Waals surface area contributed by atoms with E-state index in [1.54, 1.807) is 0 Å². The highest BCUT2D eigenvalue weighted by Crippen LogP contribution is 2.48. The smallest absolute Gasteiger partial charge is 0.416 e. The Hall–Kier alpha value is -2.02. The summed E-state index contributed by atoms with van der Waals surface area (Å²) >= 11 is 0. The molecule has 0 aromatic heterocycles. The van der Waals surface area contributed by atoms with E-state index in [0.717, 1.165) is 25.0 Å². The second-order valence-electron chi connectivity index (χ2n) is 7.07. The Morgan fingerprint density at radius 1 is 1.23 bits per heavy atom. The minimum atomic E-state index is -4.41. The normalized spacial score (nSPS) is 31.2. The number of fused-ring (bicyclic) bond motifs is 3. The molecule has 1 unspecified atom stereocenters. The standard InChI is InChI=1S/C19H19F4NO2/c20-14-5-3-10(8-16(14)25)17-12-2-1-7-26-18(12)13-9-11(19(21,22)23)4-6-15(13)24-17/h4-6,8-10,12,17-18,24-25H,1-3,7H2/t10?,12-,17-,18-/m0/s1. The van der Waals surface area contributed by atoms with Gasteiger partial charge in [0, 0.05) is 35.7 Å². The number of aliphatic hydroxyl groups excluding tert-OH is 1. The third kappa shape index (κ3) is 2.98. The van der Waals surface area contributed by atoms with Crippen molar-refractivity contribution in [3.8, 4) is 0 Å². The van der Waals surface area contributed by atoms with Crippen LogP contribution >= 0.6 is 0 Å². The molecule has 0 saturated carbocycles. The third-order valence-corrected chi connectivity index (χ3v) is 5.48. The van der Waals surface area contributed by atoms with Crippen LogP contribution in [0, 0.1) is 11.8 Å². The molecule has 0 amide bonds. The Morgan fingerprint density at radius 2 is 2.04 bits per heavy atom. The molecule has 2 N–H and O–H groups in total. The van der Waals surface area contributed by atoms with Crippen LogP contribution in [0.4, 0.5) is 23.2 Å². The monoisotopic (exact) mass is 369 g/mol. The van der Waals surface area contributed by atoms with Gasteiger partial charge in [0.2, 0.25) is 0 Å². The Morgan fingerprint density at radius 3 is 2.77 bits per heavy atom. The minimum absolute atomic E-state index is 0.0386. The third-order valence-electron chi connectivity index (χ3n) is 5.48. The molecule has 0 bridgehead atoms. The molecule has 1 aromatic carbocycles. The molecule has 1 fully saturated rings. The summed E-state index contributed by atoms with van der Waals surface area (Å²) < 4.78 is 58.6. The Balaban J connectivity index is 1.70. The first-order valence-electron chi connectivity index (χ1n) is 8.70. The minimum Gasteiger partial charge on any atom is -0.505 e. The fraction of sp³-hybridized carbons (Fsp3) is 0.474. The Kier molecular flexibility index (Phi) is 4.22. The van der Waals surface area contributed by atoms with E-state index in [4.69, 9.17) is 4.74 Å². The number of rotatable bonds is 1. The molecular formula is C19H19F4NO2. The lowest BCUT2D eigenvalue weighted by atomic mass is 9.73. The second-order valence-corrected chi connectivity index (χ2v) is 7.07. The number of benzene rings is 1. The van der Waals surface area contributed by atoms with Crippen LogP contribution in [0.5, 0.6) is 0 Å². The van der Waals surface area contributed by atoms with Crippen molar-refractivity contribution in [2.24, 2.45) is 11.8 Å². The molecule has 26 heavy (non-hydrogen) atoms. The van der Waals surface area contributed by atoms with Gasteiger partial charge in [-0.3, -0.25) is 0 Å². The van der Waals surface area contributed by atoms with Crippen LogP contribution in [-0.4, -0.2) is 17.8 Å². The van der Waals surface area contributed by atoms with Crippen LogP contribution in [0.1, 0.15) is 36.5 Å². The second kappa shape index (κ2) is 6.30. The van der Waals surface area contributed by atoms with Gasteiger partial charge in [0.05, 0.1) is 11.7 Å². The van der Waals surface area contributed by atoms with E-state index in [1.807, 2.05) is 0 Å². The zero-order valence-corrected chi connectivity index (χ0v) is 13.9. The molecule has 1 saturated heterocycles. The number of aliphatic hydroxyl groups is 1. The van der Waals surface area contributed by atoms with E-state index in [-0.39, 0.29) is 23.6 Å². The molecule has 140 valence electrons. The van der Waals surface area contributed by atoms with E-state index in [1.165, 1.54) is 18.2 Å². The Bertz CT molecular complexity index is 771. The molecule has 3 nitrogen and oxygen atoms in total. The van der Waals surface area contributed by atoms with Crippen molar-refractivity contribution >= 4 is 5.69 Å². The molecule has 1 aromatic rings.